The van der Waals surface area contributed by atoms with Crippen molar-refractivity contribution < 1.29 is 4.39 Å². The van der Waals surface area contributed by atoms with Crippen LogP contribution < -0.4 is 5.32 Å². The molecular formula is C12H16FN. The summed E-state index contributed by atoms with van der Waals surface area (Å²) < 4.78 is 13.0. The van der Waals surface area contributed by atoms with Crippen molar-refractivity contribution >= 4 is 0 Å². The molecule has 1 aromatic carbocycles. The van der Waals surface area contributed by atoms with E-state index in [1.807, 2.05) is 19.1 Å². The van der Waals surface area contributed by atoms with E-state index < -0.39 is 0 Å². The van der Waals surface area contributed by atoms with Gasteiger partial charge in [0.25, 0.3) is 0 Å². The Hall–Kier alpha value is -1.15. The smallest absolute Gasteiger partial charge is 0.123 e. The monoisotopic (exact) mass is 193 g/mol. The maximum absolute atomic E-state index is 13.0. The molecule has 0 heterocycles. The molecule has 1 unspecified atom stereocenters. The summed E-state index contributed by atoms with van der Waals surface area (Å²) >= 11 is 0. The van der Waals surface area contributed by atoms with Gasteiger partial charge in [0.2, 0.25) is 0 Å². The van der Waals surface area contributed by atoms with Crippen molar-refractivity contribution in [2.75, 3.05) is 6.54 Å². The molecule has 1 nitrogen and oxygen atoms in total. The highest BCUT2D eigenvalue weighted by Crippen LogP contribution is 2.17. The summed E-state index contributed by atoms with van der Waals surface area (Å²) in [4.78, 5) is 0. The quantitative estimate of drug-likeness (QED) is 0.709. The SMILES string of the molecule is C=CCC(NCC)c1cccc(F)c1. The van der Waals surface area contributed by atoms with E-state index in [1.165, 1.54) is 6.07 Å². The van der Waals surface area contributed by atoms with Gasteiger partial charge in [-0.1, -0.05) is 25.1 Å². The molecule has 14 heavy (non-hydrogen) atoms. The topological polar surface area (TPSA) is 12.0 Å². The van der Waals surface area contributed by atoms with Crippen molar-refractivity contribution in [2.45, 2.75) is 19.4 Å². The first-order chi connectivity index (χ1) is 6.77. The Morgan fingerprint density at radius 1 is 1.57 bits per heavy atom. The zero-order valence-electron chi connectivity index (χ0n) is 8.46. The largest absolute Gasteiger partial charge is 0.310 e. The van der Waals surface area contributed by atoms with Crippen LogP contribution in [0.25, 0.3) is 0 Å². The van der Waals surface area contributed by atoms with E-state index in [4.69, 9.17) is 0 Å². The Morgan fingerprint density at radius 2 is 2.36 bits per heavy atom. The molecule has 0 aliphatic carbocycles. The standard InChI is InChI=1S/C12H16FN/c1-3-6-12(14-4-2)10-7-5-8-11(13)9-10/h3,5,7-9,12,14H,1,4,6H2,2H3. The molecule has 0 fully saturated rings. The van der Waals surface area contributed by atoms with Crippen LogP contribution in [-0.4, -0.2) is 6.54 Å². The van der Waals surface area contributed by atoms with Gasteiger partial charge in [-0.2, -0.15) is 0 Å². The van der Waals surface area contributed by atoms with Gasteiger partial charge in [-0.15, -0.1) is 6.58 Å². The average molecular weight is 193 g/mol. The van der Waals surface area contributed by atoms with E-state index in [1.54, 1.807) is 12.1 Å². The minimum absolute atomic E-state index is 0.174. The molecule has 76 valence electrons. The zero-order valence-corrected chi connectivity index (χ0v) is 8.46. The Kier molecular flexibility index (Phi) is 4.33. The molecule has 0 spiro atoms. The first kappa shape index (κ1) is 10.9. The Balaban J connectivity index is 2.80. The molecular weight excluding hydrogens is 177 g/mol. The molecule has 0 radical (unpaired) electrons. The lowest BCUT2D eigenvalue weighted by molar-refractivity contribution is 0.551. The normalized spacial score (nSPS) is 12.4. The highest BCUT2D eigenvalue weighted by molar-refractivity contribution is 5.20. The van der Waals surface area contributed by atoms with E-state index in [9.17, 15) is 4.39 Å². The predicted molar refractivity (Wildman–Crippen MR) is 57.6 cm³/mol. The number of hydrogen-bond donors (Lipinski definition) is 1. The maximum Gasteiger partial charge on any atom is 0.123 e. The number of benzene rings is 1. The summed E-state index contributed by atoms with van der Waals surface area (Å²) in [6.45, 7) is 6.60. The molecule has 0 aliphatic rings. The van der Waals surface area contributed by atoms with Crippen LogP contribution in [-0.2, 0) is 0 Å². The van der Waals surface area contributed by atoms with Crippen LogP contribution in [0.3, 0.4) is 0 Å². The lowest BCUT2D eigenvalue weighted by Gasteiger charge is -2.16. The zero-order chi connectivity index (χ0) is 10.4. The van der Waals surface area contributed by atoms with Crippen LogP contribution in [0.4, 0.5) is 4.39 Å². The molecule has 1 atom stereocenters. The van der Waals surface area contributed by atoms with Gasteiger partial charge in [0.1, 0.15) is 5.82 Å². The van der Waals surface area contributed by atoms with Gasteiger partial charge in [-0.05, 0) is 30.7 Å². The Bertz CT molecular complexity index is 296. The molecule has 1 aromatic rings. The van der Waals surface area contributed by atoms with Crippen LogP contribution in [0.15, 0.2) is 36.9 Å². The molecule has 2 heteroatoms. The van der Waals surface area contributed by atoms with Gasteiger partial charge in [0.05, 0.1) is 0 Å². The van der Waals surface area contributed by atoms with Crippen LogP contribution in [0.1, 0.15) is 24.9 Å². The summed E-state index contributed by atoms with van der Waals surface area (Å²) in [5.41, 5.74) is 0.978. The van der Waals surface area contributed by atoms with Gasteiger partial charge in [0, 0.05) is 6.04 Å². The first-order valence-electron chi connectivity index (χ1n) is 4.87. The van der Waals surface area contributed by atoms with Gasteiger partial charge in [-0.25, -0.2) is 4.39 Å². The highest BCUT2D eigenvalue weighted by atomic mass is 19.1. The molecule has 1 rings (SSSR count). The lowest BCUT2D eigenvalue weighted by Crippen LogP contribution is -2.20. The number of hydrogen-bond acceptors (Lipinski definition) is 1. The molecule has 0 saturated heterocycles. The molecule has 0 amide bonds. The first-order valence-corrected chi connectivity index (χ1v) is 4.87. The fourth-order valence-electron chi connectivity index (χ4n) is 1.47. The summed E-state index contributed by atoms with van der Waals surface area (Å²) in [6, 6.07) is 6.86. The Morgan fingerprint density at radius 3 is 2.93 bits per heavy atom. The summed E-state index contributed by atoms with van der Waals surface area (Å²) in [5.74, 6) is -0.186. The highest BCUT2D eigenvalue weighted by Gasteiger charge is 2.08. The van der Waals surface area contributed by atoms with Crippen molar-refractivity contribution in [2.24, 2.45) is 0 Å². The fourth-order valence-corrected chi connectivity index (χ4v) is 1.47. The van der Waals surface area contributed by atoms with Gasteiger partial charge >= 0.3 is 0 Å². The van der Waals surface area contributed by atoms with E-state index in [0.717, 1.165) is 18.5 Å². The van der Waals surface area contributed by atoms with E-state index in [-0.39, 0.29) is 11.9 Å². The van der Waals surface area contributed by atoms with Gasteiger partial charge < -0.3 is 5.32 Å². The van der Waals surface area contributed by atoms with Crippen molar-refractivity contribution in [3.05, 3.63) is 48.3 Å². The van der Waals surface area contributed by atoms with Crippen LogP contribution in [0.2, 0.25) is 0 Å². The fraction of sp³-hybridized carbons (Fsp3) is 0.333. The minimum atomic E-state index is -0.186. The molecule has 0 aromatic heterocycles. The maximum atomic E-state index is 13.0. The van der Waals surface area contributed by atoms with E-state index in [2.05, 4.69) is 11.9 Å². The summed E-state index contributed by atoms with van der Waals surface area (Å²) in [7, 11) is 0. The third kappa shape index (κ3) is 2.96. The van der Waals surface area contributed by atoms with E-state index in [0.29, 0.717) is 0 Å². The van der Waals surface area contributed by atoms with Crippen LogP contribution >= 0.6 is 0 Å². The molecule has 0 saturated carbocycles. The van der Waals surface area contributed by atoms with E-state index >= 15 is 0 Å². The molecule has 0 aliphatic heterocycles. The second-order valence-electron chi connectivity index (χ2n) is 3.19. The second-order valence-corrected chi connectivity index (χ2v) is 3.19. The minimum Gasteiger partial charge on any atom is -0.310 e. The number of nitrogens with one attached hydrogen (secondary N) is 1. The molecule has 1 N–H and O–H groups in total. The number of halogens is 1. The van der Waals surface area contributed by atoms with Crippen LogP contribution in [0, 0.1) is 5.82 Å². The lowest BCUT2D eigenvalue weighted by atomic mass is 10.0. The van der Waals surface area contributed by atoms with Crippen molar-refractivity contribution in [1.29, 1.82) is 0 Å². The molecule has 0 bridgehead atoms. The van der Waals surface area contributed by atoms with Crippen molar-refractivity contribution in [1.82, 2.24) is 5.32 Å². The number of rotatable bonds is 5. The third-order valence-electron chi connectivity index (χ3n) is 2.10. The third-order valence-corrected chi connectivity index (χ3v) is 2.10. The summed E-state index contributed by atoms with van der Waals surface area (Å²) in [5, 5.41) is 3.29. The average Bonchev–Trinajstić information content (AvgIpc) is 2.17. The van der Waals surface area contributed by atoms with Gasteiger partial charge in [-0.3, -0.25) is 0 Å². The van der Waals surface area contributed by atoms with Crippen LogP contribution in [0.5, 0.6) is 0 Å². The van der Waals surface area contributed by atoms with Crippen molar-refractivity contribution in [3.8, 4) is 0 Å². The Labute approximate surface area is 84.6 Å². The summed E-state index contributed by atoms with van der Waals surface area (Å²) in [6.07, 6.45) is 2.66. The van der Waals surface area contributed by atoms with Gasteiger partial charge in [0.15, 0.2) is 0 Å². The van der Waals surface area contributed by atoms with Crippen molar-refractivity contribution in [3.63, 3.8) is 0 Å². The predicted octanol–water partition coefficient (Wildman–Crippen LogP) is 3.05. The second kappa shape index (κ2) is 5.55.